The Kier molecular flexibility index (Phi) is 43.4. The fraction of sp³-hybridized carbons (Fsp3) is 0.944. The van der Waals surface area contributed by atoms with Gasteiger partial charge >= 0.3 is 11.9 Å². The molecule has 254 valence electrons. The van der Waals surface area contributed by atoms with Gasteiger partial charge in [-0.05, 0) is 38.5 Å². The average Bonchev–Trinajstić information content (AvgIpc) is 2.95. The first-order chi connectivity index (χ1) is 20.3. The monoisotopic (exact) mass is 625 g/mol. The summed E-state index contributed by atoms with van der Waals surface area (Å²) in [5.74, 6) is -1.36. The SMILES string of the molecule is CCCCCCC(O)CCCCCCCCCCC(=O)O.CCCCCCC(O)CCCCCCCCCCC(=O)O.[Mg]. The first-order valence-corrected chi connectivity index (χ1v) is 18.1. The highest BCUT2D eigenvalue weighted by molar-refractivity contribution is 5.75. The Bertz CT molecular complexity index is 512. The van der Waals surface area contributed by atoms with E-state index in [0.29, 0.717) is 12.8 Å². The first-order valence-electron chi connectivity index (χ1n) is 18.1. The third kappa shape index (κ3) is 46.2. The molecule has 7 heteroatoms. The predicted octanol–water partition coefficient (Wildman–Crippen LogP) is 10.2. The molecule has 0 aromatic carbocycles. The van der Waals surface area contributed by atoms with E-state index in [1.54, 1.807) is 0 Å². The predicted molar refractivity (Wildman–Crippen MR) is 183 cm³/mol. The highest BCUT2D eigenvalue weighted by atomic mass is 24.3. The van der Waals surface area contributed by atoms with Crippen LogP contribution in [0.1, 0.15) is 206 Å². The number of carboxylic acid groups (broad SMARTS) is 2. The summed E-state index contributed by atoms with van der Waals surface area (Å²) in [5.41, 5.74) is 0. The maximum atomic E-state index is 10.3. The molecule has 0 fully saturated rings. The molecular formula is C36H72MgO6. The second-order valence-electron chi connectivity index (χ2n) is 12.5. The van der Waals surface area contributed by atoms with Crippen LogP contribution in [0.25, 0.3) is 0 Å². The van der Waals surface area contributed by atoms with Crippen LogP contribution in [0.2, 0.25) is 0 Å². The van der Waals surface area contributed by atoms with E-state index >= 15 is 0 Å². The van der Waals surface area contributed by atoms with Gasteiger partial charge in [0.15, 0.2) is 0 Å². The second-order valence-corrected chi connectivity index (χ2v) is 12.5. The molecule has 0 aliphatic rings. The minimum atomic E-state index is -0.678. The van der Waals surface area contributed by atoms with Crippen LogP contribution in [0.5, 0.6) is 0 Å². The lowest BCUT2D eigenvalue weighted by Crippen LogP contribution is -2.05. The Labute approximate surface area is 282 Å². The number of carbonyl (C=O) groups is 2. The average molecular weight is 625 g/mol. The molecule has 0 saturated heterocycles. The Morgan fingerprint density at radius 3 is 0.837 bits per heavy atom. The summed E-state index contributed by atoms with van der Waals surface area (Å²) in [6.07, 6.45) is 32.5. The zero-order chi connectivity index (χ0) is 31.5. The molecule has 2 radical (unpaired) electrons. The van der Waals surface area contributed by atoms with Crippen molar-refractivity contribution in [1.82, 2.24) is 0 Å². The number of carboxylic acids is 2. The van der Waals surface area contributed by atoms with Crippen molar-refractivity contribution in [3.63, 3.8) is 0 Å². The number of aliphatic hydroxyl groups is 2. The molecule has 4 N–H and O–H groups in total. The molecule has 0 aromatic heterocycles. The Morgan fingerprint density at radius 1 is 0.395 bits per heavy atom. The molecule has 2 atom stereocenters. The summed E-state index contributed by atoms with van der Waals surface area (Å²) >= 11 is 0. The van der Waals surface area contributed by atoms with Crippen molar-refractivity contribution < 1.29 is 30.0 Å². The Hall–Kier alpha value is -0.374. The summed E-state index contributed by atoms with van der Waals surface area (Å²) in [6.45, 7) is 4.42. The van der Waals surface area contributed by atoms with Gasteiger partial charge in [-0.1, -0.05) is 155 Å². The number of unbranched alkanes of at least 4 members (excludes halogenated alkanes) is 20. The van der Waals surface area contributed by atoms with E-state index in [-0.39, 0.29) is 35.3 Å². The van der Waals surface area contributed by atoms with Gasteiger partial charge in [-0.2, -0.15) is 0 Å². The van der Waals surface area contributed by atoms with Crippen molar-refractivity contribution in [2.75, 3.05) is 0 Å². The number of aliphatic hydroxyl groups excluding tert-OH is 2. The standard InChI is InChI=1S/2C18H36O3.Mg/c2*1-2-3-4-11-14-17(19)15-12-9-7-5-6-8-10-13-16-18(20)21;/h2*17,19H,2-16H2,1H3,(H,20,21);. The van der Waals surface area contributed by atoms with Gasteiger partial charge < -0.3 is 20.4 Å². The van der Waals surface area contributed by atoms with Gasteiger partial charge in [0.2, 0.25) is 0 Å². The number of rotatable bonds is 32. The normalized spacial score (nSPS) is 12.2. The van der Waals surface area contributed by atoms with Crippen LogP contribution in [0, 0.1) is 0 Å². The smallest absolute Gasteiger partial charge is 0.303 e. The lowest BCUT2D eigenvalue weighted by Gasteiger charge is -2.10. The van der Waals surface area contributed by atoms with Gasteiger partial charge in [-0.3, -0.25) is 9.59 Å². The first kappa shape index (κ1) is 47.0. The highest BCUT2D eigenvalue weighted by Gasteiger charge is 2.05. The van der Waals surface area contributed by atoms with E-state index in [2.05, 4.69) is 13.8 Å². The van der Waals surface area contributed by atoms with Crippen molar-refractivity contribution >= 4 is 35.0 Å². The van der Waals surface area contributed by atoms with Crippen LogP contribution in [0.15, 0.2) is 0 Å². The van der Waals surface area contributed by atoms with Gasteiger partial charge in [-0.15, -0.1) is 0 Å². The number of hydrogen-bond donors (Lipinski definition) is 4. The summed E-state index contributed by atoms with van der Waals surface area (Å²) in [5, 5.41) is 36.7. The minimum absolute atomic E-state index is 0. The summed E-state index contributed by atoms with van der Waals surface area (Å²) < 4.78 is 0. The van der Waals surface area contributed by atoms with Gasteiger partial charge in [0.25, 0.3) is 0 Å². The zero-order valence-electron chi connectivity index (χ0n) is 28.7. The van der Waals surface area contributed by atoms with Gasteiger partial charge in [0.05, 0.1) is 12.2 Å². The molecule has 43 heavy (non-hydrogen) atoms. The van der Waals surface area contributed by atoms with Gasteiger partial charge in [0, 0.05) is 35.9 Å². The molecule has 6 nitrogen and oxygen atoms in total. The van der Waals surface area contributed by atoms with Crippen molar-refractivity contribution in [2.45, 2.75) is 219 Å². The Balaban J connectivity index is -0.000000727. The van der Waals surface area contributed by atoms with E-state index < -0.39 is 11.9 Å². The lowest BCUT2D eigenvalue weighted by atomic mass is 10.0. The Morgan fingerprint density at radius 2 is 0.605 bits per heavy atom. The third-order valence-corrected chi connectivity index (χ3v) is 8.14. The zero-order valence-corrected chi connectivity index (χ0v) is 30.1. The van der Waals surface area contributed by atoms with Crippen LogP contribution < -0.4 is 0 Å². The maximum Gasteiger partial charge on any atom is 0.303 e. The van der Waals surface area contributed by atoms with Crippen molar-refractivity contribution in [2.24, 2.45) is 0 Å². The van der Waals surface area contributed by atoms with Crippen LogP contribution >= 0.6 is 0 Å². The molecule has 0 saturated carbocycles. The van der Waals surface area contributed by atoms with E-state index in [1.807, 2.05) is 0 Å². The van der Waals surface area contributed by atoms with E-state index in [4.69, 9.17) is 10.2 Å². The van der Waals surface area contributed by atoms with Crippen molar-refractivity contribution in [1.29, 1.82) is 0 Å². The molecule has 0 spiro atoms. The second kappa shape index (κ2) is 39.7. The van der Waals surface area contributed by atoms with E-state index in [9.17, 15) is 19.8 Å². The molecule has 2 unspecified atom stereocenters. The number of hydrogen-bond acceptors (Lipinski definition) is 4. The van der Waals surface area contributed by atoms with Crippen LogP contribution in [-0.4, -0.2) is 67.6 Å². The summed E-state index contributed by atoms with van der Waals surface area (Å²) in [7, 11) is 0. The van der Waals surface area contributed by atoms with E-state index in [0.717, 1.165) is 77.0 Å². The van der Waals surface area contributed by atoms with Gasteiger partial charge in [-0.25, -0.2) is 0 Å². The molecule has 0 heterocycles. The molecule has 0 amide bonds. The fourth-order valence-corrected chi connectivity index (χ4v) is 5.34. The molecule has 0 rings (SSSR count). The van der Waals surface area contributed by atoms with Crippen molar-refractivity contribution in [3.8, 4) is 0 Å². The fourth-order valence-electron chi connectivity index (χ4n) is 5.34. The minimum Gasteiger partial charge on any atom is -0.481 e. The molecule has 0 aromatic rings. The van der Waals surface area contributed by atoms with E-state index in [1.165, 1.54) is 103 Å². The van der Waals surface area contributed by atoms with Crippen molar-refractivity contribution in [3.05, 3.63) is 0 Å². The number of aliphatic carboxylic acids is 2. The molecule has 0 aliphatic heterocycles. The quantitative estimate of drug-likeness (QED) is 0.0437. The topological polar surface area (TPSA) is 115 Å². The van der Waals surface area contributed by atoms with Gasteiger partial charge in [0.1, 0.15) is 0 Å². The third-order valence-electron chi connectivity index (χ3n) is 8.14. The van der Waals surface area contributed by atoms with Crippen LogP contribution in [0.4, 0.5) is 0 Å². The summed E-state index contributed by atoms with van der Waals surface area (Å²) in [6, 6.07) is 0. The van der Waals surface area contributed by atoms with Crippen LogP contribution in [-0.2, 0) is 9.59 Å². The van der Waals surface area contributed by atoms with Crippen LogP contribution in [0.3, 0.4) is 0 Å². The molecule has 0 bridgehead atoms. The lowest BCUT2D eigenvalue weighted by molar-refractivity contribution is -0.138. The highest BCUT2D eigenvalue weighted by Crippen LogP contribution is 2.15. The maximum absolute atomic E-state index is 10.3. The molecule has 0 aliphatic carbocycles. The summed E-state index contributed by atoms with van der Waals surface area (Å²) in [4.78, 5) is 20.7. The molecular weight excluding hydrogens is 553 g/mol. The largest absolute Gasteiger partial charge is 0.481 e.